The van der Waals surface area contributed by atoms with Gasteiger partial charge in [-0.1, -0.05) is 17.3 Å². The summed E-state index contributed by atoms with van der Waals surface area (Å²) in [6.45, 7) is 2.89. The number of aromatic nitrogens is 2. The third-order valence-electron chi connectivity index (χ3n) is 3.00. The highest BCUT2D eigenvalue weighted by Gasteiger charge is 2.07. The van der Waals surface area contributed by atoms with Crippen molar-refractivity contribution in [2.24, 2.45) is 0 Å². The zero-order valence-electron chi connectivity index (χ0n) is 11.5. The Morgan fingerprint density at radius 2 is 2.19 bits per heavy atom. The van der Waals surface area contributed by atoms with Gasteiger partial charge in [0.25, 0.3) is 0 Å². The number of hydrogen-bond donors (Lipinski definition) is 1. The fourth-order valence-corrected chi connectivity index (χ4v) is 2.78. The molecule has 0 aliphatic carbocycles. The highest BCUT2D eigenvalue weighted by atomic mass is 32.1. The predicted molar refractivity (Wildman–Crippen MR) is 79.3 cm³/mol. The molecule has 0 saturated heterocycles. The average Bonchev–Trinajstić information content (AvgIpc) is 3.12. The largest absolute Gasteiger partial charge is 0.340 e. The first-order chi connectivity index (χ1) is 10.2. The van der Waals surface area contributed by atoms with E-state index in [4.69, 9.17) is 4.52 Å². The van der Waals surface area contributed by atoms with Crippen molar-refractivity contribution in [3.8, 4) is 10.4 Å². The van der Waals surface area contributed by atoms with Gasteiger partial charge in [0.05, 0.1) is 6.54 Å². The molecular weight excluding hydrogens is 289 g/mol. The molecule has 1 aromatic carbocycles. The second-order valence-electron chi connectivity index (χ2n) is 4.62. The zero-order valence-corrected chi connectivity index (χ0v) is 12.3. The van der Waals surface area contributed by atoms with E-state index >= 15 is 0 Å². The number of nitrogens with one attached hydrogen (secondary N) is 1. The van der Waals surface area contributed by atoms with Crippen molar-refractivity contribution in [1.82, 2.24) is 15.5 Å². The molecule has 2 aromatic heterocycles. The Kier molecular flexibility index (Phi) is 4.08. The van der Waals surface area contributed by atoms with Gasteiger partial charge in [0.1, 0.15) is 5.82 Å². The number of halogens is 1. The van der Waals surface area contributed by atoms with Gasteiger partial charge in [0.2, 0.25) is 5.89 Å². The fourth-order valence-electron chi connectivity index (χ4n) is 2.03. The molecule has 108 valence electrons. The molecule has 2 heterocycles. The summed E-state index contributed by atoms with van der Waals surface area (Å²) in [5.74, 6) is 0.969. The summed E-state index contributed by atoms with van der Waals surface area (Å²) < 4.78 is 18.8. The Hall–Kier alpha value is -2.05. The van der Waals surface area contributed by atoms with Crippen molar-refractivity contribution in [1.29, 1.82) is 0 Å². The number of nitrogens with zero attached hydrogens (tertiary/aromatic N) is 2. The van der Waals surface area contributed by atoms with E-state index in [1.807, 2.05) is 23.6 Å². The van der Waals surface area contributed by atoms with Gasteiger partial charge in [0.15, 0.2) is 5.82 Å². The number of benzene rings is 1. The zero-order chi connectivity index (χ0) is 14.7. The molecule has 0 spiro atoms. The molecule has 0 amide bonds. The second-order valence-corrected chi connectivity index (χ2v) is 5.57. The van der Waals surface area contributed by atoms with Crippen LogP contribution in [0, 0.1) is 12.7 Å². The minimum Gasteiger partial charge on any atom is -0.340 e. The van der Waals surface area contributed by atoms with Gasteiger partial charge in [-0.25, -0.2) is 4.39 Å². The molecule has 0 radical (unpaired) electrons. The van der Waals surface area contributed by atoms with Gasteiger partial charge in [-0.3, -0.25) is 0 Å². The van der Waals surface area contributed by atoms with Crippen molar-refractivity contribution in [2.75, 3.05) is 0 Å². The Morgan fingerprint density at radius 1 is 1.29 bits per heavy atom. The fraction of sp³-hybridized carbons (Fsp3) is 0.200. The van der Waals surface area contributed by atoms with E-state index < -0.39 is 0 Å². The number of thiophene rings is 1. The molecule has 0 fully saturated rings. The van der Waals surface area contributed by atoms with Crippen molar-refractivity contribution < 1.29 is 8.91 Å². The maximum atomic E-state index is 13.9. The lowest BCUT2D eigenvalue weighted by Gasteiger charge is -2.06. The highest BCUT2D eigenvalue weighted by molar-refractivity contribution is 7.13. The molecule has 0 bridgehead atoms. The third kappa shape index (κ3) is 3.34. The molecule has 4 nitrogen and oxygen atoms in total. The molecule has 0 atom stereocenters. The minimum atomic E-state index is -0.199. The smallest absolute Gasteiger partial charge is 0.223 e. The van der Waals surface area contributed by atoms with Crippen molar-refractivity contribution in [3.63, 3.8) is 0 Å². The van der Waals surface area contributed by atoms with Crippen molar-refractivity contribution in [2.45, 2.75) is 20.0 Å². The van der Waals surface area contributed by atoms with Crippen LogP contribution in [0.1, 0.15) is 17.3 Å². The monoisotopic (exact) mass is 303 g/mol. The van der Waals surface area contributed by atoms with Crippen molar-refractivity contribution >= 4 is 11.3 Å². The Labute approximate surface area is 125 Å². The van der Waals surface area contributed by atoms with E-state index in [1.165, 1.54) is 17.4 Å². The molecule has 3 rings (SSSR count). The van der Waals surface area contributed by atoms with Gasteiger partial charge in [-0.2, -0.15) is 4.98 Å². The summed E-state index contributed by atoms with van der Waals surface area (Å²) in [6.07, 6.45) is 0. The SMILES string of the molecule is Cc1nc(CNCc2ccc(F)c(-c3cccs3)c2)no1. The van der Waals surface area contributed by atoms with Crippen LogP contribution in [0.2, 0.25) is 0 Å². The first kappa shape index (κ1) is 13.9. The summed E-state index contributed by atoms with van der Waals surface area (Å²) in [6, 6.07) is 8.99. The first-order valence-electron chi connectivity index (χ1n) is 6.54. The summed E-state index contributed by atoms with van der Waals surface area (Å²) >= 11 is 1.53. The normalized spacial score (nSPS) is 11.0. The lowest BCUT2D eigenvalue weighted by atomic mass is 10.1. The summed E-state index contributed by atoms with van der Waals surface area (Å²) in [4.78, 5) is 5.05. The second kappa shape index (κ2) is 6.15. The molecular formula is C15H14FN3OS. The van der Waals surface area contributed by atoms with Crippen molar-refractivity contribution in [3.05, 3.63) is 58.8 Å². The van der Waals surface area contributed by atoms with E-state index in [0.29, 0.717) is 30.4 Å². The van der Waals surface area contributed by atoms with Crippen LogP contribution in [-0.2, 0) is 13.1 Å². The average molecular weight is 303 g/mol. The lowest BCUT2D eigenvalue weighted by Crippen LogP contribution is -2.13. The highest BCUT2D eigenvalue weighted by Crippen LogP contribution is 2.28. The summed E-state index contributed by atoms with van der Waals surface area (Å²) in [5.41, 5.74) is 1.65. The molecule has 3 aromatic rings. The number of aryl methyl sites for hydroxylation is 1. The van der Waals surface area contributed by atoms with Gasteiger partial charge in [-0.15, -0.1) is 11.3 Å². The van der Waals surface area contributed by atoms with Gasteiger partial charge in [0, 0.05) is 23.9 Å². The van der Waals surface area contributed by atoms with E-state index in [1.54, 1.807) is 13.0 Å². The molecule has 0 saturated carbocycles. The van der Waals surface area contributed by atoms with E-state index in [-0.39, 0.29) is 5.82 Å². The number of rotatable bonds is 5. The molecule has 0 unspecified atom stereocenters. The van der Waals surface area contributed by atoms with Gasteiger partial charge < -0.3 is 9.84 Å². The molecule has 1 N–H and O–H groups in total. The van der Waals surface area contributed by atoms with Crippen LogP contribution in [0.25, 0.3) is 10.4 Å². The first-order valence-corrected chi connectivity index (χ1v) is 7.42. The molecule has 0 aliphatic rings. The van der Waals surface area contributed by atoms with Crippen LogP contribution in [0.15, 0.2) is 40.2 Å². The summed E-state index contributed by atoms with van der Waals surface area (Å²) in [5, 5.41) is 8.97. The van der Waals surface area contributed by atoms with E-state index in [0.717, 1.165) is 10.4 Å². The van der Waals surface area contributed by atoms with Crippen LogP contribution in [0.5, 0.6) is 0 Å². The standard InChI is InChI=1S/C15H14FN3OS/c1-10-18-15(19-20-10)9-17-8-11-4-5-13(16)12(7-11)14-3-2-6-21-14/h2-7,17H,8-9H2,1H3. The molecule has 21 heavy (non-hydrogen) atoms. The third-order valence-corrected chi connectivity index (χ3v) is 3.90. The van der Waals surface area contributed by atoms with Crippen LogP contribution in [-0.4, -0.2) is 10.1 Å². The predicted octanol–water partition coefficient (Wildman–Crippen LogP) is 3.54. The maximum absolute atomic E-state index is 13.9. The van der Waals surface area contributed by atoms with E-state index in [9.17, 15) is 4.39 Å². The van der Waals surface area contributed by atoms with Crippen LogP contribution in [0.3, 0.4) is 0 Å². The summed E-state index contributed by atoms with van der Waals surface area (Å²) in [7, 11) is 0. The van der Waals surface area contributed by atoms with Crippen LogP contribution < -0.4 is 5.32 Å². The maximum Gasteiger partial charge on any atom is 0.223 e. The quantitative estimate of drug-likeness (QED) is 0.783. The molecule has 0 aliphatic heterocycles. The van der Waals surface area contributed by atoms with E-state index in [2.05, 4.69) is 15.5 Å². The Morgan fingerprint density at radius 3 is 2.90 bits per heavy atom. The minimum absolute atomic E-state index is 0.199. The van der Waals surface area contributed by atoms with Gasteiger partial charge >= 0.3 is 0 Å². The van der Waals surface area contributed by atoms with Gasteiger partial charge in [-0.05, 0) is 29.1 Å². The topological polar surface area (TPSA) is 51.0 Å². The Balaban J connectivity index is 1.67. The molecule has 6 heteroatoms. The van der Waals surface area contributed by atoms with Crippen LogP contribution in [0.4, 0.5) is 4.39 Å². The van der Waals surface area contributed by atoms with Crippen LogP contribution >= 0.6 is 11.3 Å². The Bertz CT molecular complexity index is 724. The lowest BCUT2D eigenvalue weighted by molar-refractivity contribution is 0.385. The number of hydrogen-bond acceptors (Lipinski definition) is 5.